The molecule has 0 unspecified atom stereocenters. The molecule has 13 nitrogen and oxygen atoms in total. The Labute approximate surface area is 226 Å². The van der Waals surface area contributed by atoms with Crippen molar-refractivity contribution in [2.45, 2.75) is 13.5 Å². The third-order valence-electron chi connectivity index (χ3n) is 5.95. The summed E-state index contributed by atoms with van der Waals surface area (Å²) in [5, 5.41) is 28.3. The first-order valence-corrected chi connectivity index (χ1v) is 12.1. The Morgan fingerprint density at radius 3 is 2.72 bits per heavy atom. The Kier molecular flexibility index (Phi) is 6.90. The van der Waals surface area contributed by atoms with Crippen molar-refractivity contribution in [2.24, 2.45) is 7.05 Å². The predicted molar refractivity (Wildman–Crippen MR) is 141 cm³/mol. The number of aromatic hydroxyl groups is 1. The Morgan fingerprint density at radius 2 is 2.00 bits per heavy atom. The number of aryl methyl sites for hydroxylation is 1. The van der Waals surface area contributed by atoms with Gasteiger partial charge in [0.15, 0.2) is 5.65 Å². The van der Waals surface area contributed by atoms with E-state index in [1.54, 1.807) is 31.4 Å². The number of H-pyrrole nitrogens is 1. The van der Waals surface area contributed by atoms with E-state index in [-0.39, 0.29) is 40.4 Å². The molecule has 1 amide bonds. The second-order valence-corrected chi connectivity index (χ2v) is 8.79. The summed E-state index contributed by atoms with van der Waals surface area (Å²) in [6, 6.07) is 9.98. The van der Waals surface area contributed by atoms with Gasteiger partial charge < -0.3 is 19.9 Å². The van der Waals surface area contributed by atoms with Crippen molar-refractivity contribution in [1.29, 1.82) is 0 Å². The Morgan fingerprint density at radius 1 is 1.23 bits per heavy atom. The fraction of sp³-hybridized carbons (Fsp3) is 0.200. The lowest BCUT2D eigenvalue weighted by molar-refractivity contribution is 0.0951. The number of fused-ring (bicyclic) bond motifs is 1. The average Bonchev–Trinajstić information content (AvgIpc) is 3.56. The number of aromatic nitrogens is 7. The predicted octanol–water partition coefficient (Wildman–Crippen LogP) is 2.58. The van der Waals surface area contributed by atoms with Gasteiger partial charge >= 0.3 is 5.69 Å². The van der Waals surface area contributed by atoms with E-state index in [1.165, 1.54) is 29.9 Å². The number of carbonyl (C=O) groups is 1. The lowest BCUT2D eigenvalue weighted by Gasteiger charge is -2.13. The van der Waals surface area contributed by atoms with Gasteiger partial charge in [0, 0.05) is 30.8 Å². The maximum absolute atomic E-state index is 12.9. The molecule has 3 N–H and O–H groups in total. The minimum Gasteiger partial charge on any atom is -0.506 e. The van der Waals surface area contributed by atoms with Crippen LogP contribution in [0, 0.1) is 0 Å². The van der Waals surface area contributed by atoms with Crippen LogP contribution in [0.4, 0.5) is 0 Å². The van der Waals surface area contributed by atoms with Gasteiger partial charge in [-0.25, -0.2) is 14.2 Å². The largest absolute Gasteiger partial charge is 0.506 e. The number of ether oxygens (including phenoxy) is 2. The number of methoxy groups -OCH3 is 1. The molecule has 5 rings (SSSR count). The highest BCUT2D eigenvalue weighted by atomic mass is 35.5. The van der Waals surface area contributed by atoms with Gasteiger partial charge in [-0.15, -0.1) is 5.10 Å². The van der Waals surface area contributed by atoms with Crippen molar-refractivity contribution in [1.82, 2.24) is 39.9 Å². The van der Waals surface area contributed by atoms with Gasteiger partial charge in [-0.05, 0) is 30.7 Å². The summed E-state index contributed by atoms with van der Waals surface area (Å²) in [4.78, 5) is 29.4. The number of amides is 1. The van der Waals surface area contributed by atoms with Crippen LogP contribution in [0.2, 0.25) is 5.02 Å². The maximum Gasteiger partial charge on any atom is 0.352 e. The first-order valence-electron chi connectivity index (χ1n) is 11.7. The molecule has 0 aliphatic rings. The molecule has 0 bridgehead atoms. The van der Waals surface area contributed by atoms with Crippen LogP contribution >= 0.6 is 11.6 Å². The van der Waals surface area contributed by atoms with E-state index in [1.807, 2.05) is 6.92 Å². The molecule has 3 heterocycles. The van der Waals surface area contributed by atoms with Crippen molar-refractivity contribution in [2.75, 3.05) is 13.7 Å². The van der Waals surface area contributed by atoms with Gasteiger partial charge in [0.25, 0.3) is 5.91 Å². The molecule has 0 atom stereocenters. The van der Waals surface area contributed by atoms with E-state index in [0.29, 0.717) is 40.4 Å². The van der Waals surface area contributed by atoms with Gasteiger partial charge in [0.05, 0.1) is 12.1 Å². The van der Waals surface area contributed by atoms with Gasteiger partial charge in [0.1, 0.15) is 47.3 Å². The van der Waals surface area contributed by atoms with E-state index in [2.05, 4.69) is 30.8 Å². The first-order chi connectivity index (χ1) is 18.8. The number of nitrogens with zero attached hydrogens (tertiary/aromatic N) is 6. The number of halogens is 1. The van der Waals surface area contributed by atoms with Gasteiger partial charge in [-0.2, -0.15) is 9.78 Å². The Hall–Kier alpha value is -4.91. The third kappa shape index (κ3) is 4.75. The summed E-state index contributed by atoms with van der Waals surface area (Å²) in [5.74, 6) is 0.284. The number of hydrogen-bond acceptors (Lipinski definition) is 9. The molecule has 5 aromatic rings. The molecule has 0 saturated carbocycles. The number of hydrogen-bond donors (Lipinski definition) is 3. The molecule has 0 spiro atoms. The summed E-state index contributed by atoms with van der Waals surface area (Å²) in [6.07, 6.45) is 1.33. The monoisotopic (exact) mass is 550 g/mol. The van der Waals surface area contributed by atoms with Crippen LogP contribution in [0.3, 0.4) is 0 Å². The van der Waals surface area contributed by atoms with Crippen LogP contribution in [-0.2, 0) is 13.7 Å². The fourth-order valence-electron chi connectivity index (χ4n) is 4.01. The minimum absolute atomic E-state index is 0.0578. The van der Waals surface area contributed by atoms with E-state index in [9.17, 15) is 14.7 Å². The molecule has 0 saturated heterocycles. The van der Waals surface area contributed by atoms with Crippen molar-refractivity contribution in [3.63, 3.8) is 0 Å². The zero-order valence-corrected chi connectivity index (χ0v) is 21.9. The number of aromatic amines is 1. The molecule has 39 heavy (non-hydrogen) atoms. The fourth-order valence-corrected chi connectivity index (χ4v) is 4.18. The molecule has 0 fully saturated rings. The minimum atomic E-state index is -0.415. The number of phenols is 1. The number of rotatable bonds is 8. The standard InChI is InChI=1S/C25H23ClN8O5/c1-4-27-24(36)22-20(13-5-7-14(38-3)8-6-13)21(29-30-22)15-9-16(26)18(35)10-19(15)39-11-17-23-31-32-33(2)25(37)34(23)12-28-17/h5-10,12,35H,4,11H2,1-3H3,(H,27,36)(H,29,30). The molecular weight excluding hydrogens is 528 g/mol. The molecule has 0 radical (unpaired) electrons. The van der Waals surface area contributed by atoms with Crippen LogP contribution in [0.15, 0.2) is 47.5 Å². The topological polar surface area (TPSA) is 162 Å². The summed E-state index contributed by atoms with van der Waals surface area (Å²) in [6.45, 7) is 2.12. The van der Waals surface area contributed by atoms with Gasteiger partial charge in [-0.3, -0.25) is 9.89 Å². The number of benzene rings is 2. The van der Waals surface area contributed by atoms with Crippen molar-refractivity contribution in [3.8, 4) is 39.6 Å². The zero-order valence-electron chi connectivity index (χ0n) is 21.1. The van der Waals surface area contributed by atoms with E-state index < -0.39 is 5.69 Å². The van der Waals surface area contributed by atoms with Crippen LogP contribution in [0.1, 0.15) is 23.1 Å². The van der Waals surface area contributed by atoms with Gasteiger partial charge in [0.2, 0.25) is 0 Å². The maximum atomic E-state index is 12.9. The summed E-state index contributed by atoms with van der Waals surface area (Å²) < 4.78 is 13.7. The van der Waals surface area contributed by atoms with Crippen molar-refractivity contribution in [3.05, 3.63) is 69.6 Å². The van der Waals surface area contributed by atoms with E-state index >= 15 is 0 Å². The first kappa shape index (κ1) is 25.7. The number of carbonyl (C=O) groups excluding carboxylic acids is 1. The van der Waals surface area contributed by atoms with E-state index in [4.69, 9.17) is 21.1 Å². The lowest BCUT2D eigenvalue weighted by Crippen LogP contribution is -2.27. The Balaban J connectivity index is 1.61. The molecule has 200 valence electrons. The van der Waals surface area contributed by atoms with Crippen molar-refractivity contribution < 1.29 is 19.4 Å². The highest BCUT2D eigenvalue weighted by Gasteiger charge is 2.25. The highest BCUT2D eigenvalue weighted by Crippen LogP contribution is 2.42. The molecule has 0 aliphatic carbocycles. The third-order valence-corrected chi connectivity index (χ3v) is 6.25. The Bertz CT molecular complexity index is 1740. The summed E-state index contributed by atoms with van der Waals surface area (Å²) >= 11 is 6.29. The second-order valence-electron chi connectivity index (χ2n) is 8.38. The van der Waals surface area contributed by atoms with Crippen LogP contribution in [0.25, 0.3) is 28.0 Å². The van der Waals surface area contributed by atoms with Crippen molar-refractivity contribution >= 4 is 23.2 Å². The SMILES string of the molecule is CCNC(=O)c1[nH]nc(-c2cc(Cl)c(O)cc2OCc2ncn3c(=O)n(C)nnc23)c1-c1ccc(OC)cc1. The average molecular weight is 551 g/mol. The molecule has 14 heteroatoms. The van der Waals surface area contributed by atoms with Gasteiger partial charge in [-0.1, -0.05) is 28.9 Å². The van der Waals surface area contributed by atoms with E-state index in [0.717, 1.165) is 4.68 Å². The number of phenolic OH excluding ortho intramolecular Hbond substituents is 1. The number of nitrogens with one attached hydrogen (secondary N) is 2. The molecule has 2 aromatic carbocycles. The summed E-state index contributed by atoms with van der Waals surface area (Å²) in [7, 11) is 3.04. The zero-order chi connectivity index (χ0) is 27.7. The number of imidazole rings is 1. The lowest BCUT2D eigenvalue weighted by atomic mass is 9.97. The second kappa shape index (κ2) is 10.5. The quantitative estimate of drug-likeness (QED) is 0.263. The summed E-state index contributed by atoms with van der Waals surface area (Å²) in [5.41, 5.74) is 2.35. The molecule has 0 aliphatic heterocycles. The molecule has 3 aromatic heterocycles. The normalized spacial score (nSPS) is 11.1. The van der Waals surface area contributed by atoms with Crippen LogP contribution in [-0.4, -0.2) is 59.2 Å². The smallest absolute Gasteiger partial charge is 0.352 e. The van der Waals surface area contributed by atoms with Crippen LogP contribution in [0.5, 0.6) is 17.2 Å². The molecular formula is C25H23ClN8O5. The van der Waals surface area contributed by atoms with Crippen LogP contribution < -0.4 is 20.5 Å². The highest BCUT2D eigenvalue weighted by molar-refractivity contribution is 6.32.